The number of carboxylic acids is 1. The molecule has 0 amide bonds. The Morgan fingerprint density at radius 2 is 2.17 bits per heavy atom. The molecule has 4 heteroatoms. The van der Waals surface area contributed by atoms with Crippen molar-refractivity contribution in [1.29, 1.82) is 0 Å². The van der Waals surface area contributed by atoms with E-state index in [4.69, 9.17) is 5.11 Å². The van der Waals surface area contributed by atoms with Gasteiger partial charge in [-0.25, -0.2) is 9.78 Å². The van der Waals surface area contributed by atoms with Crippen LogP contribution in [0, 0.1) is 6.92 Å². The molecular formula is C14H14N2O2. The average Bonchev–Trinajstić information content (AvgIpc) is 3.06. The molecule has 1 N–H and O–H groups in total. The summed E-state index contributed by atoms with van der Waals surface area (Å²) in [6.45, 7) is 1.90. The Bertz CT molecular complexity index is 612. The summed E-state index contributed by atoms with van der Waals surface area (Å²) in [7, 11) is 0. The summed E-state index contributed by atoms with van der Waals surface area (Å²) in [4.78, 5) is 15.4. The fourth-order valence-electron chi connectivity index (χ4n) is 2.10. The van der Waals surface area contributed by atoms with Gasteiger partial charge in [0.25, 0.3) is 0 Å². The van der Waals surface area contributed by atoms with Gasteiger partial charge in [-0.2, -0.15) is 0 Å². The molecule has 1 fully saturated rings. The molecule has 0 saturated heterocycles. The highest BCUT2D eigenvalue weighted by Crippen LogP contribution is 2.39. The smallest absolute Gasteiger partial charge is 0.335 e. The fraction of sp³-hybridized carbons (Fsp3) is 0.286. The van der Waals surface area contributed by atoms with Gasteiger partial charge in [-0.15, -0.1) is 0 Å². The van der Waals surface area contributed by atoms with E-state index in [0.717, 1.165) is 16.9 Å². The molecule has 4 nitrogen and oxygen atoms in total. The number of rotatable bonds is 3. The first-order chi connectivity index (χ1) is 8.63. The summed E-state index contributed by atoms with van der Waals surface area (Å²) in [5, 5.41) is 9.06. The topological polar surface area (TPSA) is 55.1 Å². The third-order valence-corrected chi connectivity index (χ3v) is 3.21. The average molecular weight is 242 g/mol. The summed E-state index contributed by atoms with van der Waals surface area (Å²) in [6, 6.07) is 5.31. The van der Waals surface area contributed by atoms with Crippen LogP contribution in [0.15, 0.2) is 30.7 Å². The van der Waals surface area contributed by atoms with Gasteiger partial charge in [0.2, 0.25) is 0 Å². The van der Waals surface area contributed by atoms with Crippen LogP contribution in [0.25, 0.3) is 5.69 Å². The number of imidazole rings is 1. The SMILES string of the molecule is Cc1cc(C(=O)O)cc(-n2cnc(C3CC3)c2)c1. The van der Waals surface area contributed by atoms with Crippen molar-refractivity contribution in [2.24, 2.45) is 0 Å². The minimum atomic E-state index is -0.900. The molecule has 0 aliphatic heterocycles. The molecule has 0 atom stereocenters. The van der Waals surface area contributed by atoms with Crippen molar-refractivity contribution >= 4 is 5.97 Å². The van der Waals surface area contributed by atoms with E-state index in [1.165, 1.54) is 12.8 Å². The normalized spacial score (nSPS) is 14.7. The van der Waals surface area contributed by atoms with Gasteiger partial charge < -0.3 is 9.67 Å². The zero-order valence-electron chi connectivity index (χ0n) is 10.1. The van der Waals surface area contributed by atoms with Crippen molar-refractivity contribution in [1.82, 2.24) is 9.55 Å². The van der Waals surface area contributed by atoms with Gasteiger partial charge in [0.1, 0.15) is 0 Å². The van der Waals surface area contributed by atoms with E-state index >= 15 is 0 Å². The van der Waals surface area contributed by atoms with Crippen LogP contribution in [0.3, 0.4) is 0 Å². The number of nitrogens with zero attached hydrogens (tertiary/aromatic N) is 2. The molecule has 18 heavy (non-hydrogen) atoms. The van der Waals surface area contributed by atoms with Crippen molar-refractivity contribution in [2.45, 2.75) is 25.7 Å². The standard InChI is InChI=1S/C14H14N2O2/c1-9-4-11(14(17)18)6-12(5-9)16-7-13(15-8-16)10-2-3-10/h4-8,10H,2-3H2,1H3,(H,17,18). The van der Waals surface area contributed by atoms with E-state index in [2.05, 4.69) is 4.98 Å². The lowest BCUT2D eigenvalue weighted by Crippen LogP contribution is -2.00. The summed E-state index contributed by atoms with van der Waals surface area (Å²) in [5.74, 6) is -0.294. The molecule has 3 rings (SSSR count). The van der Waals surface area contributed by atoms with E-state index in [1.54, 1.807) is 18.5 Å². The van der Waals surface area contributed by atoms with E-state index in [0.29, 0.717) is 11.5 Å². The first-order valence-electron chi connectivity index (χ1n) is 6.03. The van der Waals surface area contributed by atoms with Crippen molar-refractivity contribution in [2.75, 3.05) is 0 Å². The molecule has 0 unspecified atom stereocenters. The van der Waals surface area contributed by atoms with E-state index in [9.17, 15) is 4.79 Å². The number of hydrogen-bond acceptors (Lipinski definition) is 2. The van der Waals surface area contributed by atoms with Gasteiger partial charge in [0.05, 0.1) is 17.6 Å². The van der Waals surface area contributed by atoms with Gasteiger partial charge in [0.15, 0.2) is 0 Å². The van der Waals surface area contributed by atoms with Crippen molar-refractivity contribution in [3.8, 4) is 5.69 Å². The lowest BCUT2D eigenvalue weighted by atomic mass is 10.1. The minimum absolute atomic E-state index is 0.312. The molecule has 0 radical (unpaired) electrons. The maximum atomic E-state index is 11.0. The van der Waals surface area contributed by atoms with E-state index < -0.39 is 5.97 Å². The van der Waals surface area contributed by atoms with E-state index in [1.807, 2.05) is 23.8 Å². The van der Waals surface area contributed by atoms with Crippen molar-refractivity contribution in [3.63, 3.8) is 0 Å². The minimum Gasteiger partial charge on any atom is -0.478 e. The Morgan fingerprint density at radius 1 is 1.39 bits per heavy atom. The van der Waals surface area contributed by atoms with Crippen LogP contribution in [0.5, 0.6) is 0 Å². The molecule has 1 heterocycles. The van der Waals surface area contributed by atoms with Crippen LogP contribution in [0.2, 0.25) is 0 Å². The number of hydrogen-bond donors (Lipinski definition) is 1. The number of benzene rings is 1. The number of aromatic carboxylic acids is 1. The Hall–Kier alpha value is -2.10. The summed E-state index contributed by atoms with van der Waals surface area (Å²) < 4.78 is 1.90. The maximum Gasteiger partial charge on any atom is 0.335 e. The maximum absolute atomic E-state index is 11.0. The number of carboxylic acid groups (broad SMARTS) is 1. The van der Waals surface area contributed by atoms with Crippen LogP contribution >= 0.6 is 0 Å². The van der Waals surface area contributed by atoms with Crippen molar-refractivity contribution in [3.05, 3.63) is 47.5 Å². The molecule has 1 aromatic carbocycles. The predicted molar refractivity (Wildman–Crippen MR) is 67.2 cm³/mol. The Kier molecular flexibility index (Phi) is 2.44. The van der Waals surface area contributed by atoms with Crippen LogP contribution in [-0.2, 0) is 0 Å². The molecule has 0 bridgehead atoms. The van der Waals surface area contributed by atoms with Gasteiger partial charge >= 0.3 is 5.97 Å². The predicted octanol–water partition coefficient (Wildman–Crippen LogP) is 2.76. The second-order valence-corrected chi connectivity index (χ2v) is 4.84. The molecule has 0 spiro atoms. The number of carbonyl (C=O) groups is 1. The zero-order chi connectivity index (χ0) is 12.7. The zero-order valence-corrected chi connectivity index (χ0v) is 10.1. The fourth-order valence-corrected chi connectivity index (χ4v) is 2.10. The van der Waals surface area contributed by atoms with Crippen LogP contribution in [0.1, 0.15) is 40.4 Å². The molecule has 1 aliphatic carbocycles. The lowest BCUT2D eigenvalue weighted by Gasteiger charge is -2.05. The summed E-state index contributed by atoms with van der Waals surface area (Å²) >= 11 is 0. The molecular weight excluding hydrogens is 228 g/mol. The van der Waals surface area contributed by atoms with Gasteiger partial charge in [0, 0.05) is 17.8 Å². The lowest BCUT2D eigenvalue weighted by molar-refractivity contribution is 0.0696. The Morgan fingerprint density at radius 3 is 2.83 bits per heavy atom. The van der Waals surface area contributed by atoms with Gasteiger partial charge in [-0.05, 0) is 43.5 Å². The van der Waals surface area contributed by atoms with Crippen LogP contribution < -0.4 is 0 Å². The first-order valence-corrected chi connectivity index (χ1v) is 6.03. The van der Waals surface area contributed by atoms with E-state index in [-0.39, 0.29) is 0 Å². The molecule has 92 valence electrons. The first kappa shape index (κ1) is 11.0. The monoisotopic (exact) mass is 242 g/mol. The third-order valence-electron chi connectivity index (χ3n) is 3.21. The molecule has 2 aromatic rings. The second kappa shape index (κ2) is 3.98. The largest absolute Gasteiger partial charge is 0.478 e. The van der Waals surface area contributed by atoms with Crippen LogP contribution in [-0.4, -0.2) is 20.6 Å². The summed E-state index contributed by atoms with van der Waals surface area (Å²) in [6.07, 6.45) is 6.18. The number of aromatic nitrogens is 2. The highest BCUT2D eigenvalue weighted by atomic mass is 16.4. The highest BCUT2D eigenvalue weighted by molar-refractivity contribution is 5.88. The highest BCUT2D eigenvalue weighted by Gasteiger charge is 2.25. The van der Waals surface area contributed by atoms with Crippen LogP contribution in [0.4, 0.5) is 0 Å². The molecule has 1 aliphatic rings. The molecule has 1 saturated carbocycles. The quantitative estimate of drug-likeness (QED) is 0.900. The summed E-state index contributed by atoms with van der Waals surface area (Å²) in [5.41, 5.74) is 3.21. The Balaban J connectivity index is 2.01. The number of aryl methyl sites for hydroxylation is 1. The molecule has 1 aromatic heterocycles. The van der Waals surface area contributed by atoms with Crippen molar-refractivity contribution < 1.29 is 9.90 Å². The second-order valence-electron chi connectivity index (χ2n) is 4.84. The van der Waals surface area contributed by atoms with Gasteiger partial charge in [-0.3, -0.25) is 0 Å². The Labute approximate surface area is 105 Å². The van der Waals surface area contributed by atoms with Gasteiger partial charge in [-0.1, -0.05) is 0 Å². The third kappa shape index (κ3) is 2.01.